The second kappa shape index (κ2) is 6.00. The van der Waals surface area contributed by atoms with E-state index in [9.17, 15) is 19.1 Å². The number of carbonyl (C=O) groups is 1. The van der Waals surface area contributed by atoms with Crippen LogP contribution in [0.1, 0.15) is 10.4 Å². The van der Waals surface area contributed by atoms with Crippen molar-refractivity contribution in [3.8, 4) is 11.5 Å². The molecule has 0 bridgehead atoms. The first-order chi connectivity index (χ1) is 12.5. The van der Waals surface area contributed by atoms with Crippen LogP contribution in [0.15, 0.2) is 69.9 Å². The first kappa shape index (κ1) is 15.8. The van der Waals surface area contributed by atoms with Gasteiger partial charge in [-0.25, -0.2) is 9.18 Å². The molecule has 0 aliphatic carbocycles. The minimum Gasteiger partial charge on any atom is -0.507 e. The highest BCUT2D eigenvalue weighted by Gasteiger charge is 2.17. The first-order valence-corrected chi connectivity index (χ1v) is 7.70. The maximum Gasteiger partial charge on any atom is 0.346 e. The van der Waals surface area contributed by atoms with Gasteiger partial charge in [0.2, 0.25) is 5.43 Å². The van der Waals surface area contributed by atoms with Crippen molar-refractivity contribution < 1.29 is 23.4 Å². The highest BCUT2D eigenvalue weighted by Crippen LogP contribution is 2.31. The van der Waals surface area contributed by atoms with E-state index in [1.54, 1.807) is 24.3 Å². The molecule has 4 aromatic rings. The van der Waals surface area contributed by atoms with E-state index in [4.69, 9.17) is 9.15 Å². The fraction of sp³-hybridized carbons (Fsp3) is 0. The number of phenolic OH excluding ortho intramolecular Hbond substituents is 1. The number of hydrogen-bond acceptors (Lipinski definition) is 5. The molecule has 0 spiro atoms. The Bertz CT molecular complexity index is 1230. The van der Waals surface area contributed by atoms with E-state index >= 15 is 0 Å². The van der Waals surface area contributed by atoms with Gasteiger partial charge in [-0.05, 0) is 24.3 Å². The van der Waals surface area contributed by atoms with Gasteiger partial charge >= 0.3 is 5.97 Å². The van der Waals surface area contributed by atoms with Crippen molar-refractivity contribution in [1.82, 2.24) is 0 Å². The van der Waals surface area contributed by atoms with E-state index in [0.717, 1.165) is 12.1 Å². The molecule has 26 heavy (non-hydrogen) atoms. The Kier molecular flexibility index (Phi) is 3.65. The van der Waals surface area contributed by atoms with Crippen LogP contribution in [0.3, 0.4) is 0 Å². The van der Waals surface area contributed by atoms with Crippen LogP contribution in [0.4, 0.5) is 4.39 Å². The highest BCUT2D eigenvalue weighted by atomic mass is 19.1. The molecule has 0 aliphatic heterocycles. The van der Waals surface area contributed by atoms with Gasteiger partial charge in [0.05, 0.1) is 10.9 Å². The minimum absolute atomic E-state index is 0.0191. The molecule has 1 heterocycles. The van der Waals surface area contributed by atoms with Crippen LogP contribution in [-0.2, 0) is 0 Å². The van der Waals surface area contributed by atoms with Crippen LogP contribution < -0.4 is 10.2 Å². The third kappa shape index (κ3) is 2.57. The zero-order chi connectivity index (χ0) is 18.3. The van der Waals surface area contributed by atoms with Gasteiger partial charge in [0.25, 0.3) is 0 Å². The summed E-state index contributed by atoms with van der Waals surface area (Å²) in [6.45, 7) is 0. The maximum absolute atomic E-state index is 13.7. The van der Waals surface area contributed by atoms with Crippen LogP contribution in [-0.4, -0.2) is 11.1 Å². The summed E-state index contributed by atoms with van der Waals surface area (Å²) < 4.78 is 24.4. The second-order valence-electron chi connectivity index (χ2n) is 5.61. The van der Waals surface area contributed by atoms with Crippen LogP contribution in [0.25, 0.3) is 21.9 Å². The van der Waals surface area contributed by atoms with Gasteiger partial charge < -0.3 is 14.3 Å². The fourth-order valence-electron chi connectivity index (χ4n) is 2.73. The first-order valence-electron chi connectivity index (χ1n) is 7.70. The Morgan fingerprint density at radius 2 is 1.73 bits per heavy atom. The lowest BCUT2D eigenvalue weighted by Crippen LogP contribution is -2.11. The third-order valence-electron chi connectivity index (χ3n) is 3.94. The molecule has 5 nitrogen and oxygen atoms in total. The van der Waals surface area contributed by atoms with Crippen LogP contribution >= 0.6 is 0 Å². The van der Waals surface area contributed by atoms with E-state index < -0.39 is 23.0 Å². The molecule has 0 amide bonds. The lowest BCUT2D eigenvalue weighted by molar-refractivity contribution is 0.0730. The molecule has 0 radical (unpaired) electrons. The van der Waals surface area contributed by atoms with Crippen LogP contribution in [0.2, 0.25) is 0 Å². The number of para-hydroxylation sites is 1. The molecule has 0 saturated heterocycles. The Labute approximate surface area is 145 Å². The second-order valence-corrected chi connectivity index (χ2v) is 5.61. The van der Waals surface area contributed by atoms with Gasteiger partial charge in [-0.15, -0.1) is 0 Å². The smallest absolute Gasteiger partial charge is 0.346 e. The van der Waals surface area contributed by atoms with Crippen molar-refractivity contribution in [3.05, 3.63) is 82.3 Å². The molecule has 3 aromatic carbocycles. The van der Waals surface area contributed by atoms with Crippen LogP contribution in [0, 0.1) is 5.82 Å². The monoisotopic (exact) mass is 350 g/mol. The molecule has 4 rings (SSSR count). The van der Waals surface area contributed by atoms with Gasteiger partial charge in [-0.3, -0.25) is 4.79 Å². The Hall–Kier alpha value is -3.67. The molecular formula is C20H11FO5. The molecule has 128 valence electrons. The number of ether oxygens (including phenoxy) is 1. The SMILES string of the molecule is O=C(Oc1cc(O)c2c(=O)c3ccccc3oc2c1)c1ccccc1F. The molecule has 1 N–H and O–H groups in total. The molecule has 0 aliphatic rings. The average molecular weight is 350 g/mol. The van der Waals surface area contributed by atoms with Gasteiger partial charge in [-0.2, -0.15) is 0 Å². The third-order valence-corrected chi connectivity index (χ3v) is 3.94. The Morgan fingerprint density at radius 1 is 1.00 bits per heavy atom. The van der Waals surface area contributed by atoms with Crippen molar-refractivity contribution in [2.24, 2.45) is 0 Å². The number of phenols is 1. The Balaban J connectivity index is 1.82. The average Bonchev–Trinajstić information content (AvgIpc) is 2.61. The van der Waals surface area contributed by atoms with E-state index in [2.05, 4.69) is 0 Å². The zero-order valence-corrected chi connectivity index (χ0v) is 13.2. The van der Waals surface area contributed by atoms with E-state index in [-0.39, 0.29) is 22.3 Å². The molecule has 0 saturated carbocycles. The van der Waals surface area contributed by atoms with Gasteiger partial charge in [-0.1, -0.05) is 24.3 Å². The van der Waals surface area contributed by atoms with Crippen molar-refractivity contribution >= 4 is 27.9 Å². The molecule has 1 aromatic heterocycles. The highest BCUT2D eigenvalue weighted by molar-refractivity contribution is 5.95. The number of esters is 1. The van der Waals surface area contributed by atoms with Crippen molar-refractivity contribution in [3.63, 3.8) is 0 Å². The number of benzene rings is 3. The molecular weight excluding hydrogens is 339 g/mol. The van der Waals surface area contributed by atoms with Crippen LogP contribution in [0.5, 0.6) is 11.5 Å². The number of hydrogen-bond donors (Lipinski definition) is 1. The standard InChI is InChI=1S/C20H11FO5/c21-14-7-3-1-5-12(14)20(24)25-11-9-15(22)18-17(10-11)26-16-8-4-2-6-13(16)19(18)23/h1-10,22H. The van der Waals surface area contributed by atoms with Crippen molar-refractivity contribution in [2.75, 3.05) is 0 Å². The summed E-state index contributed by atoms with van der Waals surface area (Å²) in [6, 6.07) is 14.4. The summed E-state index contributed by atoms with van der Waals surface area (Å²) in [4.78, 5) is 24.7. The predicted octanol–water partition coefficient (Wildman–Crippen LogP) is 4.01. The topological polar surface area (TPSA) is 76.7 Å². The normalized spacial score (nSPS) is 11.0. The van der Waals surface area contributed by atoms with E-state index in [0.29, 0.717) is 11.0 Å². The number of aromatic hydroxyl groups is 1. The van der Waals surface area contributed by atoms with Gasteiger partial charge in [0.15, 0.2) is 0 Å². The predicted molar refractivity (Wildman–Crippen MR) is 93.0 cm³/mol. The lowest BCUT2D eigenvalue weighted by atomic mass is 10.1. The summed E-state index contributed by atoms with van der Waals surface area (Å²) >= 11 is 0. The number of halogens is 1. The van der Waals surface area contributed by atoms with E-state index in [1.165, 1.54) is 24.3 Å². The molecule has 6 heteroatoms. The molecule has 0 atom stereocenters. The zero-order valence-electron chi connectivity index (χ0n) is 13.2. The summed E-state index contributed by atoms with van der Waals surface area (Å²) in [5.74, 6) is -2.11. The number of rotatable bonds is 2. The maximum atomic E-state index is 13.7. The fourth-order valence-corrected chi connectivity index (χ4v) is 2.73. The summed E-state index contributed by atoms with van der Waals surface area (Å²) in [5.41, 5.74) is -0.245. The largest absolute Gasteiger partial charge is 0.507 e. The van der Waals surface area contributed by atoms with Crippen molar-refractivity contribution in [1.29, 1.82) is 0 Å². The number of fused-ring (bicyclic) bond motifs is 2. The lowest BCUT2D eigenvalue weighted by Gasteiger charge is -2.08. The van der Waals surface area contributed by atoms with Gasteiger partial charge in [0.1, 0.15) is 33.9 Å². The van der Waals surface area contributed by atoms with E-state index in [1.807, 2.05) is 0 Å². The van der Waals surface area contributed by atoms with Gasteiger partial charge in [0, 0.05) is 12.1 Å². The summed E-state index contributed by atoms with van der Waals surface area (Å²) in [7, 11) is 0. The van der Waals surface area contributed by atoms with Crippen molar-refractivity contribution in [2.45, 2.75) is 0 Å². The molecule has 0 unspecified atom stereocenters. The quantitative estimate of drug-likeness (QED) is 0.336. The summed E-state index contributed by atoms with van der Waals surface area (Å²) in [6.07, 6.45) is 0. The minimum atomic E-state index is -0.926. The summed E-state index contributed by atoms with van der Waals surface area (Å²) in [5, 5.41) is 10.5. The number of carbonyl (C=O) groups excluding carboxylic acids is 1. The molecule has 0 fully saturated rings. The Morgan fingerprint density at radius 3 is 2.54 bits per heavy atom.